The van der Waals surface area contributed by atoms with Gasteiger partial charge in [-0.2, -0.15) is 0 Å². The van der Waals surface area contributed by atoms with Gasteiger partial charge in [0.25, 0.3) is 0 Å². The summed E-state index contributed by atoms with van der Waals surface area (Å²) in [5, 5.41) is 2.71. The van der Waals surface area contributed by atoms with Crippen molar-refractivity contribution in [1.82, 2.24) is 9.62 Å². The molecule has 30 heavy (non-hydrogen) atoms. The highest BCUT2D eigenvalue weighted by Crippen LogP contribution is 2.21. The zero-order valence-corrected chi connectivity index (χ0v) is 19.4. The first-order valence-corrected chi connectivity index (χ1v) is 13.2. The fourth-order valence-electron chi connectivity index (χ4n) is 2.46. The Balaban J connectivity index is 2.01. The molecule has 0 unspecified atom stereocenters. The number of rotatable bonds is 10. The third-order valence-corrected chi connectivity index (χ3v) is 8.01. The van der Waals surface area contributed by atoms with E-state index in [1.807, 2.05) is 30.3 Å². The number of hydrogen-bond acceptors (Lipinski definition) is 6. The second kappa shape index (κ2) is 10.3. The summed E-state index contributed by atoms with van der Waals surface area (Å²) in [5.74, 6) is 0.199. The quantitative estimate of drug-likeness (QED) is 0.417. The summed E-state index contributed by atoms with van der Waals surface area (Å²) in [6.07, 6.45) is 0.996. The second-order valence-electron chi connectivity index (χ2n) is 6.56. The Bertz CT molecular complexity index is 1050. The molecular formula is C19H25N3O5S3. The van der Waals surface area contributed by atoms with Crippen molar-refractivity contribution >= 4 is 43.4 Å². The number of amides is 1. The van der Waals surface area contributed by atoms with Gasteiger partial charge in [0, 0.05) is 31.3 Å². The standard InChI is InChI=1S/C19H25N3O5S3/c1-21(2)30(26,27)18-11-9-16(10-12-18)22(29(3,24)25)15-19(23)20-13-14-28-17-7-5-4-6-8-17/h4-12H,13-15H2,1-3H3,(H,20,23). The molecule has 0 aromatic heterocycles. The molecule has 2 aromatic rings. The Kier molecular flexibility index (Phi) is 8.30. The SMILES string of the molecule is CN(C)S(=O)(=O)c1ccc(N(CC(=O)NCCSc2ccccc2)S(C)(=O)=O)cc1. The highest BCUT2D eigenvalue weighted by molar-refractivity contribution is 7.99. The molecule has 0 bridgehead atoms. The van der Waals surface area contributed by atoms with Crippen molar-refractivity contribution in [2.24, 2.45) is 0 Å². The largest absolute Gasteiger partial charge is 0.354 e. The van der Waals surface area contributed by atoms with Gasteiger partial charge in [0.05, 0.1) is 16.8 Å². The Morgan fingerprint density at radius 2 is 1.57 bits per heavy atom. The number of thioether (sulfide) groups is 1. The van der Waals surface area contributed by atoms with E-state index in [0.29, 0.717) is 12.3 Å². The molecule has 0 radical (unpaired) electrons. The molecule has 164 valence electrons. The fourth-order valence-corrected chi connectivity index (χ4v) is 5.01. The van der Waals surface area contributed by atoms with E-state index in [2.05, 4.69) is 5.32 Å². The van der Waals surface area contributed by atoms with E-state index < -0.39 is 32.5 Å². The number of carbonyl (C=O) groups excluding carboxylic acids is 1. The third-order valence-electron chi connectivity index (χ3n) is 4.03. The number of hydrogen-bond donors (Lipinski definition) is 1. The van der Waals surface area contributed by atoms with Crippen LogP contribution in [0.3, 0.4) is 0 Å². The second-order valence-corrected chi connectivity index (χ2v) is 11.8. The molecule has 0 saturated heterocycles. The summed E-state index contributed by atoms with van der Waals surface area (Å²) in [6, 6.07) is 15.1. The Hall–Kier alpha value is -2.08. The molecule has 11 heteroatoms. The predicted octanol–water partition coefficient (Wildman–Crippen LogP) is 1.61. The highest BCUT2D eigenvalue weighted by Gasteiger charge is 2.22. The number of nitrogens with zero attached hydrogens (tertiary/aromatic N) is 2. The average molecular weight is 472 g/mol. The molecule has 0 fully saturated rings. The van der Waals surface area contributed by atoms with Crippen molar-refractivity contribution in [3.63, 3.8) is 0 Å². The van der Waals surface area contributed by atoms with Crippen LogP contribution in [0.15, 0.2) is 64.4 Å². The Morgan fingerprint density at radius 1 is 0.967 bits per heavy atom. The Labute approximate surface area is 182 Å². The summed E-state index contributed by atoms with van der Waals surface area (Å²) in [6.45, 7) is -0.00930. The molecule has 0 atom stereocenters. The van der Waals surface area contributed by atoms with Gasteiger partial charge in [0.2, 0.25) is 26.0 Å². The number of benzene rings is 2. The third kappa shape index (κ3) is 6.73. The lowest BCUT2D eigenvalue weighted by molar-refractivity contribution is -0.119. The van der Waals surface area contributed by atoms with E-state index >= 15 is 0 Å². The smallest absolute Gasteiger partial charge is 0.242 e. The molecule has 0 saturated carbocycles. The first kappa shape index (κ1) is 24.2. The molecule has 1 amide bonds. The van der Waals surface area contributed by atoms with Crippen molar-refractivity contribution in [3.8, 4) is 0 Å². The fraction of sp³-hybridized carbons (Fsp3) is 0.316. The van der Waals surface area contributed by atoms with Gasteiger partial charge >= 0.3 is 0 Å². The highest BCUT2D eigenvalue weighted by atomic mass is 32.2. The molecule has 0 aliphatic heterocycles. The van der Waals surface area contributed by atoms with Gasteiger partial charge in [0.15, 0.2) is 0 Å². The first-order chi connectivity index (χ1) is 14.0. The minimum atomic E-state index is -3.74. The summed E-state index contributed by atoms with van der Waals surface area (Å²) >= 11 is 1.58. The molecule has 8 nitrogen and oxygen atoms in total. The maximum atomic E-state index is 12.3. The van der Waals surface area contributed by atoms with Crippen LogP contribution in [0.25, 0.3) is 0 Å². The van der Waals surface area contributed by atoms with Crippen molar-refractivity contribution in [3.05, 3.63) is 54.6 Å². The van der Waals surface area contributed by atoms with Gasteiger partial charge in [-0.05, 0) is 36.4 Å². The van der Waals surface area contributed by atoms with Gasteiger partial charge in [-0.15, -0.1) is 11.8 Å². The van der Waals surface area contributed by atoms with Crippen LogP contribution in [-0.2, 0) is 24.8 Å². The summed E-state index contributed by atoms with van der Waals surface area (Å²) in [7, 11) is -4.56. The van der Waals surface area contributed by atoms with Crippen molar-refractivity contribution in [2.45, 2.75) is 9.79 Å². The van der Waals surface area contributed by atoms with E-state index in [-0.39, 0.29) is 10.6 Å². The molecule has 0 aliphatic carbocycles. The zero-order chi connectivity index (χ0) is 22.4. The van der Waals surface area contributed by atoms with Gasteiger partial charge in [-0.1, -0.05) is 18.2 Å². The predicted molar refractivity (Wildman–Crippen MR) is 120 cm³/mol. The van der Waals surface area contributed by atoms with Crippen LogP contribution in [0, 0.1) is 0 Å². The average Bonchev–Trinajstić information content (AvgIpc) is 2.69. The first-order valence-electron chi connectivity index (χ1n) is 8.96. The van der Waals surface area contributed by atoms with Crippen LogP contribution in [0.2, 0.25) is 0 Å². The van der Waals surface area contributed by atoms with Crippen molar-refractivity contribution < 1.29 is 21.6 Å². The lowest BCUT2D eigenvalue weighted by Crippen LogP contribution is -2.41. The molecule has 0 heterocycles. The summed E-state index contributed by atoms with van der Waals surface area (Å²) in [5.41, 5.74) is 0.212. The topological polar surface area (TPSA) is 104 Å². The van der Waals surface area contributed by atoms with Crippen LogP contribution < -0.4 is 9.62 Å². The molecule has 2 aromatic carbocycles. The normalized spacial score (nSPS) is 12.0. The van der Waals surface area contributed by atoms with Crippen LogP contribution in [0.5, 0.6) is 0 Å². The van der Waals surface area contributed by atoms with E-state index in [0.717, 1.165) is 19.8 Å². The Morgan fingerprint density at radius 3 is 2.10 bits per heavy atom. The molecular weight excluding hydrogens is 446 g/mol. The van der Waals surface area contributed by atoms with E-state index in [9.17, 15) is 21.6 Å². The van der Waals surface area contributed by atoms with Crippen LogP contribution in [-0.4, -0.2) is 66.2 Å². The van der Waals surface area contributed by atoms with Gasteiger partial charge in [0.1, 0.15) is 6.54 Å². The van der Waals surface area contributed by atoms with Gasteiger partial charge in [-0.25, -0.2) is 21.1 Å². The van der Waals surface area contributed by atoms with E-state index in [1.54, 1.807) is 11.8 Å². The van der Waals surface area contributed by atoms with Crippen LogP contribution in [0.1, 0.15) is 0 Å². The van der Waals surface area contributed by atoms with E-state index in [1.165, 1.54) is 38.4 Å². The van der Waals surface area contributed by atoms with Crippen LogP contribution in [0.4, 0.5) is 5.69 Å². The molecule has 0 aliphatic rings. The molecule has 2 rings (SSSR count). The number of anilines is 1. The van der Waals surface area contributed by atoms with Crippen molar-refractivity contribution in [1.29, 1.82) is 0 Å². The lowest BCUT2D eigenvalue weighted by atomic mass is 10.3. The van der Waals surface area contributed by atoms with Crippen molar-refractivity contribution in [2.75, 3.05) is 43.5 Å². The monoisotopic (exact) mass is 471 g/mol. The minimum absolute atomic E-state index is 0.0343. The van der Waals surface area contributed by atoms with Gasteiger partial charge in [-0.3, -0.25) is 9.10 Å². The maximum absolute atomic E-state index is 12.3. The lowest BCUT2D eigenvalue weighted by Gasteiger charge is -2.22. The number of nitrogens with one attached hydrogen (secondary N) is 1. The maximum Gasteiger partial charge on any atom is 0.242 e. The minimum Gasteiger partial charge on any atom is -0.354 e. The number of sulfonamides is 2. The summed E-state index contributed by atoms with van der Waals surface area (Å²) in [4.78, 5) is 13.4. The van der Waals surface area contributed by atoms with Gasteiger partial charge < -0.3 is 5.32 Å². The van der Waals surface area contributed by atoms with E-state index in [4.69, 9.17) is 0 Å². The summed E-state index contributed by atoms with van der Waals surface area (Å²) < 4.78 is 50.7. The van der Waals surface area contributed by atoms with Crippen LogP contribution >= 0.6 is 11.8 Å². The molecule has 1 N–H and O–H groups in total. The molecule has 0 spiro atoms. The number of carbonyl (C=O) groups is 1. The zero-order valence-electron chi connectivity index (χ0n) is 17.0.